The van der Waals surface area contributed by atoms with E-state index in [1.165, 1.54) is 0 Å². The minimum atomic E-state index is -5.27. The highest BCUT2D eigenvalue weighted by Crippen LogP contribution is 2.37. The highest BCUT2D eigenvalue weighted by atomic mass is 35.5. The highest BCUT2D eigenvalue weighted by molar-refractivity contribution is 6.35. The summed E-state index contributed by atoms with van der Waals surface area (Å²) < 4.78 is 73.1. The normalized spacial score (nSPS) is 12.6. The molecule has 0 bridgehead atoms. The molecule has 1 rings (SSSR count). The highest BCUT2D eigenvalue weighted by Gasteiger charge is 2.42. The minimum Gasteiger partial charge on any atom is -0.284 e. The Morgan fingerprint density at radius 1 is 1.06 bits per heavy atom. The third-order valence-electron chi connectivity index (χ3n) is 1.81. The number of carbonyl (C=O) groups excluding carboxylic acids is 1. The molecule has 1 nitrogen and oxygen atoms in total. The summed E-state index contributed by atoms with van der Waals surface area (Å²) in [5.74, 6) is -2.41. The van der Waals surface area contributed by atoms with Gasteiger partial charge in [0.05, 0.1) is 10.6 Å². The summed E-state index contributed by atoms with van der Waals surface area (Å²) in [5.41, 5.74) is -2.69. The van der Waals surface area contributed by atoms with Gasteiger partial charge in [0, 0.05) is 5.56 Å². The SMILES string of the molecule is O=C(c1cccc(C(F)(F)F)c1Cl)C(F)(F)F. The van der Waals surface area contributed by atoms with E-state index in [0.717, 1.165) is 0 Å². The molecule has 0 saturated heterocycles. The Bertz CT molecular complexity index is 448. The van der Waals surface area contributed by atoms with Gasteiger partial charge in [0.15, 0.2) is 0 Å². The Hall–Kier alpha value is -1.24. The van der Waals surface area contributed by atoms with Crippen molar-refractivity contribution in [3.63, 3.8) is 0 Å². The molecule has 0 heterocycles. The number of alkyl halides is 6. The standard InChI is InChI=1S/C9H3ClF6O/c10-6-4(7(17)9(14,15)16)2-1-3-5(6)8(11,12)13/h1-3H. The fourth-order valence-corrected chi connectivity index (χ4v) is 1.40. The zero-order valence-corrected chi connectivity index (χ0v) is 8.54. The van der Waals surface area contributed by atoms with E-state index in [4.69, 9.17) is 11.6 Å². The van der Waals surface area contributed by atoms with Crippen molar-refractivity contribution < 1.29 is 31.1 Å². The lowest BCUT2D eigenvalue weighted by Crippen LogP contribution is -2.23. The average molecular weight is 277 g/mol. The van der Waals surface area contributed by atoms with Crippen LogP contribution in [0.15, 0.2) is 18.2 Å². The van der Waals surface area contributed by atoms with Gasteiger partial charge < -0.3 is 0 Å². The Morgan fingerprint density at radius 2 is 1.59 bits per heavy atom. The number of hydrogen-bond acceptors (Lipinski definition) is 1. The van der Waals surface area contributed by atoms with Gasteiger partial charge in [-0.3, -0.25) is 4.79 Å². The van der Waals surface area contributed by atoms with Gasteiger partial charge in [-0.2, -0.15) is 26.3 Å². The van der Waals surface area contributed by atoms with E-state index in [9.17, 15) is 31.1 Å². The largest absolute Gasteiger partial charge is 0.454 e. The van der Waals surface area contributed by atoms with Crippen LogP contribution in [0.25, 0.3) is 0 Å². The predicted molar refractivity (Wildman–Crippen MR) is 46.8 cm³/mol. The molecule has 8 heteroatoms. The molecule has 0 amide bonds. The predicted octanol–water partition coefficient (Wildman–Crippen LogP) is 4.10. The van der Waals surface area contributed by atoms with Gasteiger partial charge in [0.2, 0.25) is 0 Å². The van der Waals surface area contributed by atoms with Gasteiger partial charge in [0.25, 0.3) is 5.78 Å². The zero-order chi connectivity index (χ0) is 13.4. The molecule has 0 radical (unpaired) electrons. The van der Waals surface area contributed by atoms with E-state index in [2.05, 4.69) is 0 Å². The van der Waals surface area contributed by atoms with Crippen molar-refractivity contribution in [2.24, 2.45) is 0 Å². The molecule has 17 heavy (non-hydrogen) atoms. The van der Waals surface area contributed by atoms with E-state index < -0.39 is 34.3 Å². The summed E-state index contributed by atoms with van der Waals surface area (Å²) in [6, 6.07) is 1.77. The first-order valence-electron chi connectivity index (χ1n) is 4.02. The van der Waals surface area contributed by atoms with Crippen molar-refractivity contribution in [3.05, 3.63) is 34.3 Å². The second-order valence-electron chi connectivity index (χ2n) is 2.99. The zero-order valence-electron chi connectivity index (χ0n) is 7.79. The van der Waals surface area contributed by atoms with Crippen molar-refractivity contribution in [1.29, 1.82) is 0 Å². The Morgan fingerprint density at radius 3 is 2.00 bits per heavy atom. The summed E-state index contributed by atoms with van der Waals surface area (Å²) >= 11 is 5.15. The van der Waals surface area contributed by atoms with Crippen LogP contribution in [0, 0.1) is 0 Å². The minimum absolute atomic E-state index is 0.496. The maximum absolute atomic E-state index is 12.3. The third-order valence-corrected chi connectivity index (χ3v) is 2.21. The van der Waals surface area contributed by atoms with E-state index >= 15 is 0 Å². The summed E-state index contributed by atoms with van der Waals surface area (Å²) in [7, 11) is 0. The molecular formula is C9H3ClF6O. The van der Waals surface area contributed by atoms with Crippen molar-refractivity contribution in [3.8, 4) is 0 Å². The molecule has 0 aromatic heterocycles. The molecule has 0 N–H and O–H groups in total. The van der Waals surface area contributed by atoms with Crippen molar-refractivity contribution in [2.75, 3.05) is 0 Å². The number of rotatable bonds is 1. The summed E-state index contributed by atoms with van der Waals surface area (Å²) in [4.78, 5) is 10.8. The van der Waals surface area contributed by atoms with Crippen LogP contribution in [0.3, 0.4) is 0 Å². The quantitative estimate of drug-likeness (QED) is 0.557. The van der Waals surface area contributed by atoms with Crippen LogP contribution in [0.4, 0.5) is 26.3 Å². The van der Waals surface area contributed by atoms with Gasteiger partial charge in [0.1, 0.15) is 0 Å². The lowest BCUT2D eigenvalue weighted by atomic mass is 10.1. The van der Waals surface area contributed by atoms with E-state index in [0.29, 0.717) is 18.2 Å². The van der Waals surface area contributed by atoms with Crippen LogP contribution in [0.2, 0.25) is 5.02 Å². The number of halogens is 7. The smallest absolute Gasteiger partial charge is 0.284 e. The van der Waals surface area contributed by atoms with Gasteiger partial charge in [-0.25, -0.2) is 0 Å². The third kappa shape index (κ3) is 2.91. The average Bonchev–Trinajstić information content (AvgIpc) is 2.13. The summed E-state index contributed by atoms with van der Waals surface area (Å²) in [6.45, 7) is 0. The van der Waals surface area contributed by atoms with Crippen LogP contribution >= 0.6 is 11.6 Å². The van der Waals surface area contributed by atoms with Crippen molar-refractivity contribution >= 4 is 17.4 Å². The molecule has 0 fully saturated rings. The second-order valence-corrected chi connectivity index (χ2v) is 3.37. The Balaban J connectivity index is 3.35. The fourth-order valence-electron chi connectivity index (χ4n) is 1.08. The maximum Gasteiger partial charge on any atom is 0.454 e. The number of Topliss-reactive ketones (excluding diaryl/α,β-unsaturated/α-hetero) is 1. The molecule has 0 atom stereocenters. The second kappa shape index (κ2) is 4.21. The molecule has 1 aromatic rings. The Labute approximate surface area is 96.0 Å². The molecule has 0 spiro atoms. The van der Waals surface area contributed by atoms with Gasteiger partial charge in [-0.15, -0.1) is 0 Å². The molecule has 1 aromatic carbocycles. The summed E-state index contributed by atoms with van der Waals surface area (Å²) in [5, 5.41) is -1.25. The fraction of sp³-hybridized carbons (Fsp3) is 0.222. The molecule has 0 saturated carbocycles. The molecule has 94 valence electrons. The maximum atomic E-state index is 12.3. The van der Waals surface area contributed by atoms with Crippen LogP contribution in [0.5, 0.6) is 0 Å². The van der Waals surface area contributed by atoms with Gasteiger partial charge in [-0.1, -0.05) is 17.7 Å². The van der Waals surface area contributed by atoms with Crippen LogP contribution in [-0.4, -0.2) is 12.0 Å². The first kappa shape index (κ1) is 13.8. The Kier molecular flexibility index (Phi) is 3.42. The molecular weight excluding hydrogens is 274 g/mol. The molecule has 0 aliphatic carbocycles. The van der Waals surface area contributed by atoms with Crippen LogP contribution in [-0.2, 0) is 6.18 Å². The molecule has 0 unspecified atom stereocenters. The van der Waals surface area contributed by atoms with Crippen molar-refractivity contribution in [2.45, 2.75) is 12.4 Å². The number of benzene rings is 1. The number of hydrogen-bond donors (Lipinski definition) is 0. The van der Waals surface area contributed by atoms with Gasteiger partial charge >= 0.3 is 12.4 Å². The van der Waals surface area contributed by atoms with E-state index in [1.807, 2.05) is 0 Å². The van der Waals surface area contributed by atoms with Crippen LogP contribution in [0.1, 0.15) is 15.9 Å². The van der Waals surface area contributed by atoms with Crippen LogP contribution < -0.4 is 0 Å². The van der Waals surface area contributed by atoms with E-state index in [1.54, 1.807) is 0 Å². The monoisotopic (exact) mass is 276 g/mol. The lowest BCUT2D eigenvalue weighted by Gasteiger charge is -2.12. The van der Waals surface area contributed by atoms with Crippen molar-refractivity contribution in [1.82, 2.24) is 0 Å². The molecule has 0 aliphatic heterocycles. The topological polar surface area (TPSA) is 17.1 Å². The van der Waals surface area contributed by atoms with E-state index in [-0.39, 0.29) is 0 Å². The number of carbonyl (C=O) groups is 1. The first-order chi connectivity index (χ1) is 7.55. The molecule has 0 aliphatic rings. The number of ketones is 1. The van der Waals surface area contributed by atoms with Gasteiger partial charge in [-0.05, 0) is 12.1 Å². The summed E-state index contributed by atoms with van der Waals surface area (Å²) in [6.07, 6.45) is -10.2. The lowest BCUT2D eigenvalue weighted by molar-refractivity contribution is -0.137. The first-order valence-corrected chi connectivity index (χ1v) is 4.40.